The second-order valence-electron chi connectivity index (χ2n) is 0.815. The van der Waals surface area contributed by atoms with E-state index in [1.165, 1.54) is 0 Å². The molecule has 0 saturated carbocycles. The van der Waals surface area contributed by atoms with Gasteiger partial charge in [0.25, 0.3) is 0 Å². The molecular formula is C3H7OSi. The molecular weight excluding hydrogens is 80.1 g/mol. The quantitative estimate of drug-likeness (QED) is 0.303. The molecule has 0 aliphatic rings. The summed E-state index contributed by atoms with van der Waals surface area (Å²) in [6.45, 7) is 5.05. The third-order valence-electron chi connectivity index (χ3n) is 0.322. The number of methoxy groups -OCH3 is 1. The summed E-state index contributed by atoms with van der Waals surface area (Å²) in [4.78, 5) is 0. The lowest BCUT2D eigenvalue weighted by Gasteiger charge is -1.88. The minimum atomic E-state index is 0.644. The van der Waals surface area contributed by atoms with Gasteiger partial charge >= 0.3 is 0 Å². The molecule has 0 unspecified atom stereocenters. The van der Waals surface area contributed by atoms with Crippen LogP contribution in [0.3, 0.4) is 0 Å². The first-order chi connectivity index (χ1) is 2.27. The zero-order valence-corrected chi connectivity index (χ0v) is 5.49. The van der Waals surface area contributed by atoms with Gasteiger partial charge in [0, 0.05) is 0 Å². The van der Waals surface area contributed by atoms with Gasteiger partial charge in [-0.2, -0.15) is 0 Å². The third kappa shape index (κ3) is 3.76. The highest BCUT2D eigenvalue weighted by atomic mass is 28.1. The Labute approximate surface area is 35.1 Å². The molecule has 0 aliphatic carbocycles. The van der Waals surface area contributed by atoms with Crippen LogP contribution >= 0.6 is 0 Å². The van der Waals surface area contributed by atoms with Crippen LogP contribution in [0.25, 0.3) is 0 Å². The predicted molar refractivity (Wildman–Crippen MR) is 24.8 cm³/mol. The molecule has 0 bridgehead atoms. The lowest BCUT2D eigenvalue weighted by atomic mass is 11.1. The molecule has 0 aromatic carbocycles. The summed E-state index contributed by atoms with van der Waals surface area (Å²) in [5.41, 5.74) is 0. The highest BCUT2D eigenvalue weighted by molar-refractivity contribution is 6.19. The Hall–Kier alpha value is -0.243. The van der Waals surface area contributed by atoms with E-state index in [1.54, 1.807) is 7.11 Å². The van der Waals surface area contributed by atoms with Crippen LogP contribution in [0.15, 0.2) is 5.38 Å². The number of hydrogen-bond acceptors (Lipinski definition) is 1. The lowest BCUT2D eigenvalue weighted by Crippen LogP contribution is -1.77. The lowest BCUT2D eigenvalue weighted by molar-refractivity contribution is 0.322. The van der Waals surface area contributed by atoms with Crippen molar-refractivity contribution in [1.29, 1.82) is 0 Å². The van der Waals surface area contributed by atoms with E-state index < -0.39 is 0 Å². The average Bonchev–Trinajstić information content (AvgIpc) is 1.38. The van der Waals surface area contributed by atoms with Crippen molar-refractivity contribution in [2.75, 3.05) is 7.11 Å². The molecule has 29 valence electrons. The van der Waals surface area contributed by atoms with Crippen molar-refractivity contribution in [3.8, 4) is 0 Å². The van der Waals surface area contributed by atoms with E-state index in [4.69, 9.17) is 6.58 Å². The fraction of sp³-hybridized carbons (Fsp3) is 0.333. The Kier molecular flexibility index (Phi) is 1.92. The average molecular weight is 87.2 g/mol. The second kappa shape index (κ2) is 2.02. The van der Waals surface area contributed by atoms with E-state index in [2.05, 4.69) is 4.74 Å². The SMILES string of the molecule is [CH]=C([SiH3])OC. The van der Waals surface area contributed by atoms with Crippen molar-refractivity contribution in [3.63, 3.8) is 0 Å². The van der Waals surface area contributed by atoms with Crippen LogP contribution in [-0.4, -0.2) is 17.4 Å². The summed E-state index contributed by atoms with van der Waals surface area (Å²) in [5.74, 6) is 0. The molecule has 1 radical (unpaired) electrons. The molecule has 0 aliphatic heterocycles. The Balaban J connectivity index is 2.85. The number of rotatable bonds is 1. The summed E-state index contributed by atoms with van der Waals surface area (Å²) >= 11 is 0. The van der Waals surface area contributed by atoms with Gasteiger partial charge in [0.1, 0.15) is 0 Å². The summed E-state index contributed by atoms with van der Waals surface area (Å²) in [7, 11) is 2.41. The van der Waals surface area contributed by atoms with Crippen LogP contribution in [0.4, 0.5) is 0 Å². The van der Waals surface area contributed by atoms with Gasteiger partial charge in [-0.15, -0.1) is 0 Å². The van der Waals surface area contributed by atoms with E-state index in [9.17, 15) is 0 Å². The van der Waals surface area contributed by atoms with Crippen LogP contribution in [0, 0.1) is 6.58 Å². The fourth-order valence-electron chi connectivity index (χ4n) is 0. The maximum atomic E-state index is 5.05. The Morgan fingerprint density at radius 3 is 2.20 bits per heavy atom. The van der Waals surface area contributed by atoms with E-state index in [1.807, 2.05) is 0 Å². The van der Waals surface area contributed by atoms with Gasteiger partial charge in [-0.3, -0.25) is 0 Å². The van der Waals surface area contributed by atoms with Gasteiger partial charge in [-0.25, -0.2) is 0 Å². The van der Waals surface area contributed by atoms with Crippen molar-refractivity contribution in [3.05, 3.63) is 12.0 Å². The number of hydrogen-bond donors (Lipinski definition) is 0. The Morgan fingerprint density at radius 1 is 2.00 bits per heavy atom. The molecule has 0 fully saturated rings. The summed E-state index contributed by atoms with van der Waals surface area (Å²) < 4.78 is 4.51. The largest absolute Gasteiger partial charge is 0.507 e. The third-order valence-corrected chi connectivity index (χ3v) is 0.730. The van der Waals surface area contributed by atoms with Crippen molar-refractivity contribution in [2.45, 2.75) is 0 Å². The summed E-state index contributed by atoms with van der Waals surface area (Å²) in [6.07, 6.45) is 0. The van der Waals surface area contributed by atoms with Crippen LogP contribution in [0.5, 0.6) is 0 Å². The van der Waals surface area contributed by atoms with E-state index >= 15 is 0 Å². The molecule has 0 amide bonds. The number of ether oxygens (including phenoxy) is 1. The monoisotopic (exact) mass is 87.0 g/mol. The molecule has 5 heavy (non-hydrogen) atoms. The van der Waals surface area contributed by atoms with E-state index in [0.717, 1.165) is 10.2 Å². The maximum absolute atomic E-state index is 5.05. The minimum absolute atomic E-state index is 0.644. The Bertz CT molecular complexity index is 42.2. The van der Waals surface area contributed by atoms with Crippen LogP contribution in [0.2, 0.25) is 0 Å². The smallest absolute Gasteiger partial charge is 0.0833 e. The molecule has 0 atom stereocenters. The highest BCUT2D eigenvalue weighted by Gasteiger charge is 1.65. The molecule has 0 heterocycles. The minimum Gasteiger partial charge on any atom is -0.507 e. The first-order valence-electron chi connectivity index (χ1n) is 1.40. The highest BCUT2D eigenvalue weighted by Crippen LogP contribution is 1.72. The topological polar surface area (TPSA) is 9.23 Å². The maximum Gasteiger partial charge on any atom is 0.0833 e. The molecule has 1 nitrogen and oxygen atoms in total. The molecule has 0 rings (SSSR count). The van der Waals surface area contributed by atoms with Crippen molar-refractivity contribution >= 4 is 10.2 Å². The fourth-order valence-corrected chi connectivity index (χ4v) is 0. The van der Waals surface area contributed by atoms with E-state index in [-0.39, 0.29) is 0 Å². The van der Waals surface area contributed by atoms with Gasteiger partial charge < -0.3 is 4.74 Å². The standard InChI is InChI=1S/C3H7OSi/c1-3(5)4-2/h1H,2,5H3. The predicted octanol–water partition coefficient (Wildman–Crippen LogP) is -0.727. The zero-order valence-electron chi connectivity index (χ0n) is 3.49. The van der Waals surface area contributed by atoms with Gasteiger partial charge in [-0.05, 0) is 6.58 Å². The normalized spacial score (nSPS) is 7.40. The van der Waals surface area contributed by atoms with Gasteiger partial charge in [-0.1, -0.05) is 0 Å². The summed E-state index contributed by atoms with van der Waals surface area (Å²) in [6, 6.07) is 0. The van der Waals surface area contributed by atoms with Gasteiger partial charge in [0.2, 0.25) is 0 Å². The summed E-state index contributed by atoms with van der Waals surface area (Å²) in [5, 5.41) is 0.644. The van der Waals surface area contributed by atoms with Crippen LogP contribution in [-0.2, 0) is 4.74 Å². The van der Waals surface area contributed by atoms with Gasteiger partial charge in [0.05, 0.1) is 22.7 Å². The first-order valence-corrected chi connectivity index (χ1v) is 2.40. The molecule has 0 spiro atoms. The second-order valence-corrected chi connectivity index (χ2v) is 1.80. The van der Waals surface area contributed by atoms with Crippen LogP contribution in [0.1, 0.15) is 0 Å². The molecule has 0 aromatic heterocycles. The zero-order chi connectivity index (χ0) is 4.28. The van der Waals surface area contributed by atoms with Crippen molar-refractivity contribution < 1.29 is 4.74 Å². The van der Waals surface area contributed by atoms with E-state index in [0.29, 0.717) is 5.38 Å². The molecule has 0 saturated heterocycles. The van der Waals surface area contributed by atoms with Gasteiger partial charge in [0.15, 0.2) is 0 Å². The van der Waals surface area contributed by atoms with Crippen molar-refractivity contribution in [2.24, 2.45) is 0 Å². The Morgan fingerprint density at radius 2 is 2.20 bits per heavy atom. The van der Waals surface area contributed by atoms with Crippen LogP contribution < -0.4 is 0 Å². The first kappa shape index (κ1) is 4.76. The molecule has 2 heteroatoms. The van der Waals surface area contributed by atoms with Crippen molar-refractivity contribution in [1.82, 2.24) is 0 Å². The molecule has 0 N–H and O–H groups in total. The molecule has 0 aromatic rings.